The Bertz CT molecular complexity index is 4040. The number of esters is 2. The molecule has 1 aromatic heterocycles. The molecule has 3 aromatic carbocycles. The van der Waals surface area contributed by atoms with E-state index < -0.39 is 180 Å². The van der Waals surface area contributed by atoms with Crippen molar-refractivity contribution in [3.05, 3.63) is 74.1 Å². The summed E-state index contributed by atoms with van der Waals surface area (Å²) >= 11 is 6.29. The van der Waals surface area contributed by atoms with E-state index in [4.69, 9.17) is 35.2 Å². The lowest BCUT2D eigenvalue weighted by Gasteiger charge is -2.36. The molecule has 0 radical (unpaired) electrons. The number of aryl methyl sites for hydroxylation is 2. The van der Waals surface area contributed by atoms with Gasteiger partial charge in [-0.25, -0.2) is 19.4 Å². The molecular weight excluding hydrogens is 1320 g/mol. The number of rotatable bonds is 9. The van der Waals surface area contributed by atoms with E-state index in [2.05, 4.69) is 26.6 Å². The second kappa shape index (κ2) is 30.0. The van der Waals surface area contributed by atoms with Crippen LogP contribution in [0, 0.1) is 37.5 Å². The number of nitrogens with one attached hydrogen (secondary N) is 5. The number of aromatic nitrogens is 1. The van der Waals surface area contributed by atoms with Crippen LogP contribution in [0.2, 0.25) is 5.02 Å². The number of amides is 10. The maximum Gasteiger partial charge on any atom is 0.363 e. The molecule has 0 bridgehead atoms. The molecule has 5 N–H and O–H groups in total. The topological polar surface area (TPSA) is 355 Å². The number of ether oxygens (including phenoxy) is 3. The fourth-order valence-corrected chi connectivity index (χ4v) is 13.8. The van der Waals surface area contributed by atoms with Gasteiger partial charge in [-0.05, 0) is 101 Å². The van der Waals surface area contributed by atoms with Crippen LogP contribution in [0.1, 0.15) is 127 Å². The third kappa shape index (κ3) is 14.8. The third-order valence-corrected chi connectivity index (χ3v) is 19.5. The quantitative estimate of drug-likeness (QED) is 0.129. The molecular formula is C70H89ClN12O17. The Labute approximate surface area is 584 Å². The van der Waals surface area contributed by atoms with Crippen LogP contribution in [0.5, 0.6) is 11.5 Å². The zero-order valence-electron chi connectivity index (χ0n) is 59.2. The van der Waals surface area contributed by atoms with Gasteiger partial charge in [0.2, 0.25) is 47.3 Å². The van der Waals surface area contributed by atoms with Gasteiger partial charge in [0.15, 0.2) is 22.8 Å². The predicted octanol–water partition coefficient (Wildman–Crippen LogP) is 4.21. The molecule has 0 aliphatic carbocycles. The van der Waals surface area contributed by atoms with Crippen molar-refractivity contribution in [2.24, 2.45) is 23.7 Å². The summed E-state index contributed by atoms with van der Waals surface area (Å²) in [6.07, 6.45) is -1.73. The van der Waals surface area contributed by atoms with E-state index in [1.54, 1.807) is 62.3 Å². The van der Waals surface area contributed by atoms with E-state index in [0.29, 0.717) is 23.4 Å². The van der Waals surface area contributed by atoms with Gasteiger partial charge in [-0.15, -0.1) is 0 Å². The van der Waals surface area contributed by atoms with Crippen molar-refractivity contribution in [2.75, 3.05) is 59.7 Å². The number of hydrogen-bond acceptors (Lipinski definition) is 19. The molecule has 9 rings (SSSR count). The minimum Gasteiger partial charge on any atom is -0.458 e. The van der Waals surface area contributed by atoms with Gasteiger partial charge in [-0.1, -0.05) is 85.2 Å². The molecule has 4 fully saturated rings. The first-order valence-electron chi connectivity index (χ1n) is 33.7. The SMILES string of the molecule is Cc1ccc(C(=O)N[C@@H]2C(=O)N[C@H](C(C)C)C(=O)N3CCC[C@H]3C(=O)N(C)CC(=O)N(C)[C@@H](C(C)C)C(=O)O[C@@H]2C)c2c1Oc1c(c(C(=O)N[C@H]3C(=O)N[C@H](C(C)C)C(=O)N4CCC[C@H]4C(=O)N(C)CC(=O)N(C)[C@@H](C(C)C)C(=O)O[C@H]3C)c3nc(-c4ccc(Cl)cc4)c(=O)oc3c1C)N2. The number of benzene rings is 3. The van der Waals surface area contributed by atoms with Gasteiger partial charge >= 0.3 is 17.6 Å². The average Bonchev–Trinajstić information content (AvgIpc) is 0.765. The van der Waals surface area contributed by atoms with Gasteiger partial charge in [-0.2, -0.15) is 0 Å². The zero-order chi connectivity index (χ0) is 73.5. The lowest BCUT2D eigenvalue weighted by atomic mass is 9.98. The standard InChI is InChI=1S/C70H89ClN12O17/c1-31(2)47-66(92)82-27-17-19-42(82)64(90)78(13)29-44(84)80(15)55(33(5)6)69(95)97-37(11)49(62(88)74-47)76-60(86)41-26-21-35(9)57-52(41)73-53-46(54-59(36(10)58(53)99-57)100-68(94)51(72-54)39-22-24-40(71)25-23-39)61(87)77-50-38(12)98-70(96)56(34(7)8)81(16)45(85)30-79(14)65(91)43-20-18-28-83(43)67(93)48(32(3)4)75-63(50)89/h21-26,31-34,37-38,42-43,47-50,55-56,73H,17-20,27-30H2,1-16H3,(H,74,88)(H,75,89)(H,76,86)(H,77,87)/t37-,38+,42+,43+,47-,48-,49+,50-,55+,56+/m1/s1. The molecule has 5 aliphatic heterocycles. The Morgan fingerprint density at radius 2 is 1.05 bits per heavy atom. The number of anilines is 2. The van der Waals surface area contributed by atoms with Gasteiger partial charge in [0.1, 0.15) is 66.1 Å². The van der Waals surface area contributed by atoms with Crippen LogP contribution in [0.3, 0.4) is 0 Å². The molecule has 4 aromatic rings. The highest BCUT2D eigenvalue weighted by Gasteiger charge is 2.47. The predicted molar refractivity (Wildman–Crippen MR) is 365 cm³/mol. The van der Waals surface area contributed by atoms with Crippen molar-refractivity contribution >= 4 is 105 Å². The molecule has 10 atom stereocenters. The fraction of sp³-hybridized carbons (Fsp3) is 0.543. The number of cyclic esters (lactones) is 2. The fourth-order valence-electron chi connectivity index (χ4n) is 13.6. The summed E-state index contributed by atoms with van der Waals surface area (Å²) < 4.78 is 24.9. The molecule has 0 saturated carbocycles. The van der Waals surface area contributed by atoms with Gasteiger partial charge in [-0.3, -0.25) is 47.9 Å². The van der Waals surface area contributed by atoms with Crippen LogP contribution in [0.25, 0.3) is 22.4 Å². The van der Waals surface area contributed by atoms with E-state index >= 15 is 19.2 Å². The molecule has 538 valence electrons. The second-order valence-corrected chi connectivity index (χ2v) is 28.3. The van der Waals surface area contributed by atoms with Crippen molar-refractivity contribution < 1.29 is 76.2 Å². The van der Waals surface area contributed by atoms with Crippen LogP contribution >= 0.6 is 11.6 Å². The highest BCUT2D eigenvalue weighted by Crippen LogP contribution is 2.51. The lowest BCUT2D eigenvalue weighted by Crippen LogP contribution is -2.61. The first kappa shape index (κ1) is 74.6. The van der Waals surface area contributed by atoms with Crippen molar-refractivity contribution in [3.8, 4) is 22.8 Å². The van der Waals surface area contributed by atoms with E-state index in [0.717, 1.165) is 9.80 Å². The molecule has 29 nitrogen and oxygen atoms in total. The smallest absolute Gasteiger partial charge is 0.363 e. The molecule has 4 saturated heterocycles. The first-order valence-corrected chi connectivity index (χ1v) is 34.0. The van der Waals surface area contributed by atoms with Crippen LogP contribution in [0.15, 0.2) is 45.6 Å². The minimum atomic E-state index is -1.91. The highest BCUT2D eigenvalue weighted by atomic mass is 35.5. The molecule has 5 aliphatic rings. The van der Waals surface area contributed by atoms with Crippen LogP contribution in [-0.2, 0) is 57.4 Å². The average molecular weight is 1410 g/mol. The van der Waals surface area contributed by atoms with Gasteiger partial charge < -0.3 is 74.6 Å². The van der Waals surface area contributed by atoms with E-state index in [-0.39, 0.29) is 82.3 Å². The number of carbonyl (C=O) groups is 12. The molecule has 6 heterocycles. The maximum atomic E-state index is 16.1. The largest absolute Gasteiger partial charge is 0.458 e. The summed E-state index contributed by atoms with van der Waals surface area (Å²) in [5.41, 5.74) is -2.22. The maximum absolute atomic E-state index is 16.1. The molecule has 0 unspecified atom stereocenters. The minimum absolute atomic E-state index is 0.0131. The van der Waals surface area contributed by atoms with Crippen LogP contribution in [-0.4, -0.2) is 220 Å². The molecule has 10 amide bonds. The summed E-state index contributed by atoms with van der Waals surface area (Å²) in [6.45, 7) is 18.6. The molecule has 0 spiro atoms. The van der Waals surface area contributed by atoms with Gasteiger partial charge in [0, 0.05) is 57.4 Å². The second-order valence-electron chi connectivity index (χ2n) is 27.9. The number of hydrogen-bond donors (Lipinski definition) is 5. The van der Waals surface area contributed by atoms with E-state index in [1.165, 1.54) is 105 Å². The number of carbonyl (C=O) groups excluding carboxylic acids is 12. The summed E-state index contributed by atoms with van der Waals surface area (Å²) in [6, 6.07) is -1.99. The molecule has 100 heavy (non-hydrogen) atoms. The van der Waals surface area contributed by atoms with Crippen molar-refractivity contribution in [3.63, 3.8) is 0 Å². The Morgan fingerprint density at radius 3 is 1.50 bits per heavy atom. The molecule has 30 heteroatoms. The monoisotopic (exact) mass is 1400 g/mol. The van der Waals surface area contributed by atoms with Gasteiger partial charge in [0.05, 0.1) is 35.6 Å². The highest BCUT2D eigenvalue weighted by molar-refractivity contribution is 6.30. The van der Waals surface area contributed by atoms with Crippen molar-refractivity contribution in [1.82, 2.24) is 55.7 Å². The van der Waals surface area contributed by atoms with Crippen molar-refractivity contribution in [1.29, 1.82) is 0 Å². The Hall–Kier alpha value is -9.67. The lowest BCUT2D eigenvalue weighted by molar-refractivity contribution is -0.163. The Kier molecular flexibility index (Phi) is 22.4. The summed E-state index contributed by atoms with van der Waals surface area (Å²) in [7, 11) is 5.61. The van der Waals surface area contributed by atoms with E-state index in [1.807, 2.05) is 0 Å². The zero-order valence-corrected chi connectivity index (χ0v) is 59.9. The number of fused-ring (bicyclic) bond motifs is 5. The summed E-state index contributed by atoms with van der Waals surface area (Å²) in [4.78, 5) is 203. The van der Waals surface area contributed by atoms with E-state index in [9.17, 15) is 43.2 Å². The number of likely N-dealkylation sites (N-methyl/N-ethyl adjacent to an activating group) is 4. The third-order valence-electron chi connectivity index (χ3n) is 19.3. The Morgan fingerprint density at radius 1 is 0.590 bits per heavy atom. The van der Waals surface area contributed by atoms with Crippen molar-refractivity contribution in [2.45, 2.75) is 169 Å². The van der Waals surface area contributed by atoms with Crippen LogP contribution in [0.4, 0.5) is 11.4 Å². The number of halogens is 1. The summed E-state index contributed by atoms with van der Waals surface area (Å²) in [5, 5.41) is 14.5. The van der Waals surface area contributed by atoms with Gasteiger partial charge in [0.25, 0.3) is 11.8 Å². The Balaban J connectivity index is 1.17. The summed E-state index contributed by atoms with van der Waals surface area (Å²) in [5.74, 6) is -12.3. The first-order chi connectivity index (χ1) is 47.0. The number of nitrogens with zero attached hydrogens (tertiary/aromatic N) is 7. The van der Waals surface area contributed by atoms with Crippen LogP contribution < -0.4 is 36.9 Å². The normalized spacial score (nSPS) is 25.0.